The minimum atomic E-state index is -2.53. The number of rotatable bonds is 4. The van der Waals surface area contributed by atoms with Crippen molar-refractivity contribution in [2.24, 2.45) is 0 Å². The van der Waals surface area contributed by atoms with E-state index in [9.17, 15) is 0 Å². The van der Waals surface area contributed by atoms with E-state index in [-0.39, 0.29) is 0 Å². The molecule has 0 unspecified atom stereocenters. The molecule has 0 aromatic rings. The molecule has 0 atom stereocenters. The van der Waals surface area contributed by atoms with Crippen molar-refractivity contribution in [2.45, 2.75) is 39.5 Å². The van der Waals surface area contributed by atoms with Gasteiger partial charge in [0.15, 0.2) is 0 Å². The van der Waals surface area contributed by atoms with Gasteiger partial charge in [-0.1, -0.05) is 0 Å². The van der Waals surface area contributed by atoms with Gasteiger partial charge in [-0.15, -0.1) is 0 Å². The second-order valence-electron chi connectivity index (χ2n) is 5.83. The van der Waals surface area contributed by atoms with E-state index in [2.05, 4.69) is 39.5 Å². The fourth-order valence-electron chi connectivity index (χ4n) is 1.50. The van der Waals surface area contributed by atoms with Crippen molar-refractivity contribution < 1.29 is 2.82 Å². The van der Waals surface area contributed by atoms with Gasteiger partial charge in [-0.25, -0.2) is 0 Å². The summed E-state index contributed by atoms with van der Waals surface area (Å²) < 4.78 is 12.5. The Morgan fingerprint density at radius 2 is 0.769 bits per heavy atom. The van der Waals surface area contributed by atoms with Gasteiger partial charge in [-0.05, 0) is 0 Å². The Morgan fingerprint density at radius 1 is 0.538 bits per heavy atom. The van der Waals surface area contributed by atoms with Crippen LogP contribution in [-0.4, -0.2) is 56.8 Å². The molecule has 0 radical (unpaired) electrons. The maximum atomic E-state index is 6.25. The summed E-state index contributed by atoms with van der Waals surface area (Å²) in [5.74, 6) is 0. The molecule has 0 saturated heterocycles. The third kappa shape index (κ3) is 10.6. The van der Waals surface area contributed by atoms with E-state index < -0.39 is 56.8 Å². The molecule has 0 saturated carbocycles. The molecule has 0 rings (SSSR count). The first kappa shape index (κ1) is 15.3. The van der Waals surface area contributed by atoms with Gasteiger partial charge in [0.1, 0.15) is 0 Å². The van der Waals surface area contributed by atoms with Crippen LogP contribution >= 0.6 is 0 Å². The van der Waals surface area contributed by atoms with Gasteiger partial charge >= 0.3 is 99.1 Å². The second kappa shape index (κ2) is 5.10. The van der Waals surface area contributed by atoms with Gasteiger partial charge in [-0.2, -0.15) is 0 Å². The first-order valence-corrected chi connectivity index (χ1v) is 32.3. The summed E-state index contributed by atoms with van der Waals surface area (Å²) in [5, 5.41) is 0. The Bertz CT molecular complexity index is 149. The molecule has 0 aromatic heterocycles. The van der Waals surface area contributed by atoms with E-state index in [0.717, 1.165) is 0 Å². The van der Waals surface area contributed by atoms with Crippen LogP contribution in [0.25, 0.3) is 0 Å². The fourth-order valence-corrected chi connectivity index (χ4v) is 72.7. The molecular formula is C8H24O2Sn3. The molecule has 0 aromatic carbocycles. The van der Waals surface area contributed by atoms with Crippen LogP contribution in [0.1, 0.15) is 0 Å². The monoisotopic (exact) mass is 512 g/mol. The van der Waals surface area contributed by atoms with Gasteiger partial charge in [0.25, 0.3) is 0 Å². The fraction of sp³-hybridized carbons (Fsp3) is 1.00. The Balaban J connectivity index is 4.25. The average molecular weight is 508 g/mol. The van der Waals surface area contributed by atoms with Crippen LogP contribution in [-0.2, 0) is 2.82 Å². The zero-order valence-corrected chi connectivity index (χ0v) is 18.9. The molecule has 0 amide bonds. The Labute approximate surface area is 97.6 Å². The maximum absolute atomic E-state index is 6.25. The minimum absolute atomic E-state index is 2.08. The van der Waals surface area contributed by atoms with Crippen LogP contribution in [0.15, 0.2) is 0 Å². The number of hydrogen-bond acceptors (Lipinski definition) is 2. The Morgan fingerprint density at radius 3 is 0.923 bits per heavy atom. The molecule has 0 aliphatic heterocycles. The van der Waals surface area contributed by atoms with Crippen LogP contribution in [0, 0.1) is 0 Å². The van der Waals surface area contributed by atoms with Crippen LogP contribution in [0.2, 0.25) is 39.5 Å². The molecule has 0 bridgehead atoms. The van der Waals surface area contributed by atoms with Gasteiger partial charge in [0, 0.05) is 0 Å². The third-order valence-electron chi connectivity index (χ3n) is 1.10. The molecule has 0 fully saturated rings. The van der Waals surface area contributed by atoms with E-state index in [1.807, 2.05) is 0 Å². The van der Waals surface area contributed by atoms with Gasteiger partial charge in [-0.3, -0.25) is 0 Å². The summed E-state index contributed by atoms with van der Waals surface area (Å²) in [7, 11) is 0. The van der Waals surface area contributed by atoms with Gasteiger partial charge in [0.2, 0.25) is 0 Å². The van der Waals surface area contributed by atoms with Crippen molar-refractivity contribution >= 4 is 56.8 Å². The summed E-state index contributed by atoms with van der Waals surface area (Å²) >= 11 is -6.68. The van der Waals surface area contributed by atoms with E-state index in [0.29, 0.717) is 0 Å². The van der Waals surface area contributed by atoms with Crippen LogP contribution in [0.5, 0.6) is 0 Å². The van der Waals surface area contributed by atoms with Crippen molar-refractivity contribution in [1.29, 1.82) is 0 Å². The van der Waals surface area contributed by atoms with Crippen molar-refractivity contribution in [3.05, 3.63) is 0 Å². The summed E-state index contributed by atoms with van der Waals surface area (Å²) in [6.45, 7) is 0. The Hall–Kier alpha value is 2.32. The molecule has 5 heteroatoms. The zero-order chi connectivity index (χ0) is 10.9. The summed E-state index contributed by atoms with van der Waals surface area (Å²) in [5.41, 5.74) is 0. The van der Waals surface area contributed by atoms with E-state index in [1.54, 1.807) is 0 Å². The first-order chi connectivity index (χ1) is 5.41. The predicted molar refractivity (Wildman–Crippen MR) is 66.3 cm³/mol. The number of hydrogen-bond donors (Lipinski definition) is 0. The normalized spacial score (nSPS) is 14.8. The quantitative estimate of drug-likeness (QED) is 0.543. The molecular weight excluding hydrogens is 484 g/mol. The predicted octanol–water partition coefficient (Wildman–Crippen LogP) is 3.39. The molecule has 0 N–H and O–H groups in total. The van der Waals surface area contributed by atoms with Crippen LogP contribution < -0.4 is 0 Å². The van der Waals surface area contributed by atoms with Crippen molar-refractivity contribution in [1.82, 2.24) is 0 Å². The third-order valence-corrected chi connectivity index (χ3v) is 49.7. The Kier molecular flexibility index (Phi) is 6.01. The topological polar surface area (TPSA) is 18.5 Å². The molecule has 0 aliphatic rings. The molecule has 2 nitrogen and oxygen atoms in total. The summed E-state index contributed by atoms with van der Waals surface area (Å²) in [6.07, 6.45) is 0. The molecule has 0 heterocycles. The second-order valence-corrected chi connectivity index (χ2v) is 46.9. The summed E-state index contributed by atoms with van der Waals surface area (Å²) in [6, 6.07) is 0. The van der Waals surface area contributed by atoms with Gasteiger partial charge < -0.3 is 0 Å². The molecule has 0 aliphatic carbocycles. The zero-order valence-electron chi connectivity index (χ0n) is 10.3. The SMILES string of the molecule is [CH3][Sn]([CH3])([CH3])[O][Sn]([CH3])([CH3])[O][Sn]([CH3])([CH3])[CH3]. The van der Waals surface area contributed by atoms with Gasteiger partial charge in [0.05, 0.1) is 0 Å². The van der Waals surface area contributed by atoms with Crippen molar-refractivity contribution in [3.8, 4) is 0 Å². The van der Waals surface area contributed by atoms with Crippen LogP contribution in [0.4, 0.5) is 0 Å². The molecule has 13 heavy (non-hydrogen) atoms. The van der Waals surface area contributed by atoms with E-state index in [1.165, 1.54) is 0 Å². The first-order valence-electron chi connectivity index (χ1n) is 4.82. The average Bonchev–Trinajstić information content (AvgIpc) is 1.43. The van der Waals surface area contributed by atoms with Crippen molar-refractivity contribution in [2.75, 3.05) is 0 Å². The van der Waals surface area contributed by atoms with E-state index in [4.69, 9.17) is 2.82 Å². The molecule has 0 spiro atoms. The summed E-state index contributed by atoms with van der Waals surface area (Å²) in [4.78, 5) is 18.4. The molecule has 80 valence electrons. The van der Waals surface area contributed by atoms with E-state index >= 15 is 0 Å². The standard InChI is InChI=1S/8CH3.2O.3Sn/h8*1H3;;;;;. The van der Waals surface area contributed by atoms with Crippen LogP contribution in [0.3, 0.4) is 0 Å². The van der Waals surface area contributed by atoms with Crippen molar-refractivity contribution in [3.63, 3.8) is 0 Å².